The molecule has 0 aromatic heterocycles. The molecule has 2 aliphatic rings. The summed E-state index contributed by atoms with van der Waals surface area (Å²) in [5.74, 6) is -3.11. The molecule has 9 heteroatoms. The van der Waals surface area contributed by atoms with Crippen LogP contribution in [0.25, 0.3) is 0 Å². The Morgan fingerprint density at radius 1 is 1.04 bits per heavy atom. The summed E-state index contributed by atoms with van der Waals surface area (Å²) < 4.78 is 5.46. The van der Waals surface area contributed by atoms with Gasteiger partial charge in [0.15, 0.2) is 17.3 Å². The lowest BCUT2D eigenvalue weighted by Gasteiger charge is -2.25. The quantitative estimate of drug-likeness (QED) is 0.647. The predicted molar refractivity (Wildman–Crippen MR) is 85.0 cm³/mol. The van der Waals surface area contributed by atoms with Crippen LogP contribution in [0, 0.1) is 6.92 Å². The van der Waals surface area contributed by atoms with E-state index in [1.807, 2.05) is 0 Å². The van der Waals surface area contributed by atoms with Gasteiger partial charge in [-0.1, -0.05) is 46.4 Å². The first kappa shape index (κ1) is 16.5. The van der Waals surface area contributed by atoms with Crippen LogP contribution in [0.15, 0.2) is 21.9 Å². The van der Waals surface area contributed by atoms with E-state index in [0.29, 0.717) is 0 Å². The number of allylic oxidation sites excluding steroid dienone is 1. The van der Waals surface area contributed by atoms with E-state index < -0.39 is 33.7 Å². The maximum atomic E-state index is 12.8. The van der Waals surface area contributed by atoms with Crippen molar-refractivity contribution in [1.29, 1.82) is 0 Å². The minimum atomic E-state index is -2.19. The van der Waals surface area contributed by atoms with Gasteiger partial charge in [-0.05, 0) is 18.6 Å². The zero-order valence-electron chi connectivity index (χ0n) is 11.2. The molecule has 0 fully saturated rings. The zero-order chi connectivity index (χ0) is 17.3. The van der Waals surface area contributed by atoms with Gasteiger partial charge < -0.3 is 14.9 Å². The van der Waals surface area contributed by atoms with E-state index in [-0.39, 0.29) is 32.0 Å². The van der Waals surface area contributed by atoms with Gasteiger partial charge in [-0.15, -0.1) is 0 Å². The molecule has 1 heterocycles. The summed E-state index contributed by atoms with van der Waals surface area (Å²) in [6.07, 6.45) is 0.946. The van der Waals surface area contributed by atoms with Gasteiger partial charge in [-0.3, -0.25) is 9.59 Å². The number of benzene rings is 1. The molecule has 1 unspecified atom stereocenters. The molecule has 1 aliphatic heterocycles. The lowest BCUT2D eigenvalue weighted by molar-refractivity contribution is -0.123. The van der Waals surface area contributed by atoms with Crippen molar-refractivity contribution in [3.05, 3.63) is 43.1 Å². The van der Waals surface area contributed by atoms with E-state index in [1.54, 1.807) is 0 Å². The smallest absolute Gasteiger partial charge is 0.255 e. The van der Waals surface area contributed by atoms with Crippen LogP contribution < -0.4 is 4.74 Å². The van der Waals surface area contributed by atoms with Crippen molar-refractivity contribution in [2.45, 2.75) is 12.5 Å². The number of aliphatic hydroxyl groups is 1. The molecule has 23 heavy (non-hydrogen) atoms. The average Bonchev–Trinajstić information content (AvgIpc) is 2.81. The van der Waals surface area contributed by atoms with Crippen molar-refractivity contribution < 1.29 is 24.5 Å². The highest BCUT2D eigenvalue weighted by atomic mass is 35.5. The van der Waals surface area contributed by atoms with Crippen molar-refractivity contribution in [2.24, 2.45) is 0 Å². The molecule has 0 amide bonds. The molecule has 0 radical (unpaired) electrons. The van der Waals surface area contributed by atoms with Crippen molar-refractivity contribution in [1.82, 2.24) is 0 Å². The molecule has 0 saturated heterocycles. The third kappa shape index (κ3) is 1.94. The molecule has 3 rings (SSSR count). The number of aromatic hydroxyl groups is 1. The normalized spacial score (nSPS) is 23.3. The summed E-state index contributed by atoms with van der Waals surface area (Å²) in [7, 11) is 0. The largest absolute Gasteiger partial charge is 0.505 e. The van der Waals surface area contributed by atoms with E-state index in [0.717, 1.165) is 6.08 Å². The Kier molecular flexibility index (Phi) is 3.61. The molecular weight excluding hydrogens is 390 g/mol. The van der Waals surface area contributed by atoms with Crippen molar-refractivity contribution in [3.63, 3.8) is 0 Å². The molecule has 0 saturated carbocycles. The topological polar surface area (TPSA) is 83.8 Å². The first-order valence-corrected chi connectivity index (χ1v) is 7.61. The fourth-order valence-corrected chi connectivity index (χ4v) is 3.47. The van der Waals surface area contributed by atoms with Gasteiger partial charge in [0.2, 0.25) is 11.6 Å². The predicted octanol–water partition coefficient (Wildman–Crippen LogP) is 4.04. The third-order valence-corrected chi connectivity index (χ3v) is 5.13. The van der Waals surface area contributed by atoms with E-state index in [2.05, 4.69) is 0 Å². The number of ether oxygens (including phenoxy) is 1. The molecule has 1 atom stereocenters. The molecule has 1 aromatic carbocycles. The SMILES string of the molecule is Cc1c(Cl)c(O)c(Cl)c2c1C(=O)C1(C=C(Cl)C(O)=C(Cl)C1=O)O2. The highest BCUT2D eigenvalue weighted by molar-refractivity contribution is 6.50. The molecule has 1 spiro atoms. The maximum absolute atomic E-state index is 12.8. The van der Waals surface area contributed by atoms with Gasteiger partial charge in [0.05, 0.1) is 15.6 Å². The Balaban J connectivity index is 2.30. The van der Waals surface area contributed by atoms with E-state index in [4.69, 9.17) is 51.1 Å². The Labute approximate surface area is 149 Å². The van der Waals surface area contributed by atoms with Crippen LogP contribution in [-0.2, 0) is 4.79 Å². The van der Waals surface area contributed by atoms with E-state index >= 15 is 0 Å². The fraction of sp³-hybridized carbons (Fsp3) is 0.143. The zero-order valence-corrected chi connectivity index (χ0v) is 14.2. The number of hydrogen-bond acceptors (Lipinski definition) is 5. The number of carbonyl (C=O) groups excluding carboxylic acids is 2. The Morgan fingerprint density at radius 2 is 1.65 bits per heavy atom. The fourth-order valence-electron chi connectivity index (χ4n) is 2.47. The number of rotatable bonds is 0. The average molecular weight is 396 g/mol. The maximum Gasteiger partial charge on any atom is 0.255 e. The Bertz CT molecular complexity index is 871. The summed E-state index contributed by atoms with van der Waals surface area (Å²) >= 11 is 23.5. The highest BCUT2D eigenvalue weighted by Crippen LogP contribution is 2.52. The molecule has 2 N–H and O–H groups in total. The summed E-state index contributed by atoms with van der Waals surface area (Å²) in [5, 5.41) is 18.1. The van der Waals surface area contributed by atoms with Crippen LogP contribution >= 0.6 is 46.4 Å². The second-order valence-electron chi connectivity index (χ2n) is 4.96. The molecule has 120 valence electrons. The second kappa shape index (κ2) is 5.05. The number of carbonyl (C=O) groups is 2. The van der Waals surface area contributed by atoms with Gasteiger partial charge in [-0.2, -0.15) is 0 Å². The lowest BCUT2D eigenvalue weighted by atomic mass is 9.86. The molecule has 0 bridgehead atoms. The standard InChI is InChI=1S/C14H6Cl4O5/c1-3-5-11(7(17)10(20)6(3)16)23-14(12(5)21)2-4(15)9(19)8(18)13(14)22/h2,19-20H,1H3. The minimum absolute atomic E-state index is 0.0577. The van der Waals surface area contributed by atoms with E-state index in [9.17, 15) is 19.8 Å². The monoisotopic (exact) mass is 394 g/mol. The molecule has 5 nitrogen and oxygen atoms in total. The summed E-state index contributed by atoms with van der Waals surface area (Å²) in [5.41, 5.74) is -2.05. The number of Topliss-reactive ketones (excluding diaryl/α,β-unsaturated/α-hetero) is 2. The van der Waals surface area contributed by atoms with Gasteiger partial charge in [-0.25, -0.2) is 0 Å². The van der Waals surface area contributed by atoms with Crippen LogP contribution in [0.3, 0.4) is 0 Å². The minimum Gasteiger partial charge on any atom is -0.505 e. The number of phenolic OH excluding ortho intramolecular Hbond substituents is 1. The first-order chi connectivity index (χ1) is 10.6. The molecule has 1 aromatic rings. The number of hydrogen-bond donors (Lipinski definition) is 2. The Hall–Kier alpha value is -1.40. The number of aliphatic hydroxyl groups excluding tert-OH is 1. The van der Waals surface area contributed by atoms with Crippen LogP contribution in [-0.4, -0.2) is 27.4 Å². The number of fused-ring (bicyclic) bond motifs is 1. The number of halogens is 4. The van der Waals surface area contributed by atoms with Gasteiger partial charge >= 0.3 is 0 Å². The third-order valence-electron chi connectivity index (χ3n) is 3.67. The van der Waals surface area contributed by atoms with Crippen LogP contribution in [0.1, 0.15) is 15.9 Å². The van der Waals surface area contributed by atoms with Crippen LogP contribution in [0.5, 0.6) is 11.5 Å². The van der Waals surface area contributed by atoms with Crippen LogP contribution in [0.2, 0.25) is 10.0 Å². The summed E-state index contributed by atoms with van der Waals surface area (Å²) in [6.45, 7) is 1.46. The van der Waals surface area contributed by atoms with Crippen LogP contribution in [0.4, 0.5) is 0 Å². The first-order valence-electron chi connectivity index (χ1n) is 6.10. The second-order valence-corrected chi connectivity index (χ2v) is 6.50. The highest BCUT2D eigenvalue weighted by Gasteiger charge is 2.57. The molecule has 1 aliphatic carbocycles. The van der Waals surface area contributed by atoms with Gasteiger partial charge in [0, 0.05) is 0 Å². The summed E-state index contributed by atoms with van der Waals surface area (Å²) in [6, 6.07) is 0. The Morgan fingerprint density at radius 3 is 2.26 bits per heavy atom. The molecular formula is C14H6Cl4O5. The van der Waals surface area contributed by atoms with Crippen molar-refractivity contribution in [2.75, 3.05) is 0 Å². The van der Waals surface area contributed by atoms with Crippen molar-refractivity contribution >= 4 is 58.0 Å². The van der Waals surface area contributed by atoms with Gasteiger partial charge in [0.1, 0.15) is 10.1 Å². The number of phenols is 1. The van der Waals surface area contributed by atoms with Gasteiger partial charge in [0.25, 0.3) is 5.60 Å². The lowest BCUT2D eigenvalue weighted by Crippen LogP contribution is -2.48. The van der Waals surface area contributed by atoms with Crippen molar-refractivity contribution in [3.8, 4) is 11.5 Å². The summed E-state index contributed by atoms with van der Waals surface area (Å²) in [4.78, 5) is 25.2. The number of ketones is 2. The van der Waals surface area contributed by atoms with E-state index in [1.165, 1.54) is 6.92 Å².